The van der Waals surface area contributed by atoms with Crippen molar-refractivity contribution in [2.75, 3.05) is 10.7 Å². The van der Waals surface area contributed by atoms with E-state index in [9.17, 15) is 15.2 Å². The summed E-state index contributed by atoms with van der Waals surface area (Å²) in [4.78, 5) is 23.6. The average molecular weight is 603 g/mol. The van der Waals surface area contributed by atoms with E-state index in [4.69, 9.17) is 0 Å². The summed E-state index contributed by atoms with van der Waals surface area (Å²) in [7, 11) is 0. The van der Waals surface area contributed by atoms with Crippen molar-refractivity contribution < 1.29 is 10.0 Å². The van der Waals surface area contributed by atoms with Crippen LogP contribution in [0.15, 0.2) is 56.5 Å². The molecule has 2 aromatic heterocycles. The second-order valence-corrected chi connectivity index (χ2v) is 9.07. The summed E-state index contributed by atoms with van der Waals surface area (Å²) in [6, 6.07) is 12.0. The number of aryl methyl sites for hydroxylation is 2. The SMILES string of the molecule is Cc1cc(C)n(-c2nc(N/N=C/c3cc(Br)cc([N+](=O)[O-])c3O)nc(Nc3ccc(Br)cc3)n2)n1. The summed E-state index contributed by atoms with van der Waals surface area (Å²) < 4.78 is 2.91. The Balaban J connectivity index is 1.67. The molecule has 0 atom stereocenters. The lowest BCUT2D eigenvalue weighted by Gasteiger charge is -2.09. The summed E-state index contributed by atoms with van der Waals surface area (Å²) in [5.41, 5.74) is 4.73. The second kappa shape index (κ2) is 10.1. The number of anilines is 3. The Morgan fingerprint density at radius 1 is 1.06 bits per heavy atom. The maximum atomic E-state index is 11.1. The van der Waals surface area contributed by atoms with Gasteiger partial charge in [-0.3, -0.25) is 10.1 Å². The van der Waals surface area contributed by atoms with E-state index in [2.05, 4.69) is 67.8 Å². The first kappa shape index (κ1) is 24.2. The highest BCUT2D eigenvalue weighted by molar-refractivity contribution is 9.10. The van der Waals surface area contributed by atoms with Crippen LogP contribution in [0.25, 0.3) is 5.95 Å². The van der Waals surface area contributed by atoms with Crippen LogP contribution < -0.4 is 10.7 Å². The molecule has 0 amide bonds. The van der Waals surface area contributed by atoms with Crippen LogP contribution in [0.4, 0.5) is 23.3 Å². The number of nitrogens with one attached hydrogen (secondary N) is 2. The van der Waals surface area contributed by atoms with E-state index in [-0.39, 0.29) is 23.4 Å². The number of hydrogen-bond acceptors (Lipinski definition) is 10. The highest BCUT2D eigenvalue weighted by Crippen LogP contribution is 2.32. The van der Waals surface area contributed by atoms with E-state index >= 15 is 0 Å². The number of hydrazone groups is 1. The smallest absolute Gasteiger partial charge is 0.312 e. The third-order valence-corrected chi connectivity index (χ3v) is 5.56. The number of hydrogen-bond donors (Lipinski definition) is 3. The van der Waals surface area contributed by atoms with Crippen molar-refractivity contribution in [2.45, 2.75) is 13.8 Å². The van der Waals surface area contributed by atoms with Crippen molar-refractivity contribution >= 4 is 61.3 Å². The summed E-state index contributed by atoms with van der Waals surface area (Å²) in [5.74, 6) is 0.0649. The van der Waals surface area contributed by atoms with Gasteiger partial charge in [0.15, 0.2) is 0 Å². The van der Waals surface area contributed by atoms with Gasteiger partial charge in [-0.2, -0.15) is 25.2 Å². The monoisotopic (exact) mass is 601 g/mol. The summed E-state index contributed by atoms with van der Waals surface area (Å²) in [6.45, 7) is 3.73. The summed E-state index contributed by atoms with van der Waals surface area (Å²) >= 11 is 6.59. The fourth-order valence-corrected chi connectivity index (χ4v) is 3.79. The number of aromatic nitrogens is 5. The molecule has 12 nitrogen and oxygen atoms in total. The first-order valence-corrected chi connectivity index (χ1v) is 11.6. The Bertz CT molecular complexity index is 1440. The van der Waals surface area contributed by atoms with Crippen LogP contribution in [0.3, 0.4) is 0 Å². The number of nitro groups is 1. The standard InChI is InChI=1S/C21H17Br2N9O3/c1-11-7-12(2)31(30-11)21-27-19(25-16-5-3-14(22)4-6-16)26-20(28-21)29-24-10-13-8-15(23)9-17(18(13)33)32(34)35/h3-10,33H,1-2H3,(H2,25,26,27,28,29)/b24-10+. The molecular weight excluding hydrogens is 586 g/mol. The molecule has 0 aliphatic heterocycles. The minimum atomic E-state index is -0.683. The van der Waals surface area contributed by atoms with Gasteiger partial charge in [0.25, 0.3) is 5.95 Å². The third kappa shape index (κ3) is 5.78. The van der Waals surface area contributed by atoms with Crippen LogP contribution in [-0.2, 0) is 0 Å². The summed E-state index contributed by atoms with van der Waals surface area (Å²) in [6.07, 6.45) is 1.22. The largest absolute Gasteiger partial charge is 0.502 e. The van der Waals surface area contributed by atoms with Crippen LogP contribution in [0.2, 0.25) is 0 Å². The molecule has 4 rings (SSSR count). The molecule has 2 heterocycles. The lowest BCUT2D eigenvalue weighted by atomic mass is 10.2. The molecule has 14 heteroatoms. The molecule has 0 fully saturated rings. The molecule has 0 saturated heterocycles. The van der Waals surface area contributed by atoms with Crippen molar-refractivity contribution in [3.8, 4) is 11.7 Å². The number of nitrogens with zero attached hydrogens (tertiary/aromatic N) is 7. The van der Waals surface area contributed by atoms with Gasteiger partial charge in [-0.1, -0.05) is 31.9 Å². The number of nitro benzene ring substituents is 1. The lowest BCUT2D eigenvalue weighted by Crippen LogP contribution is -2.11. The molecule has 4 aromatic rings. The maximum absolute atomic E-state index is 11.1. The van der Waals surface area contributed by atoms with Gasteiger partial charge < -0.3 is 10.4 Å². The highest BCUT2D eigenvalue weighted by Gasteiger charge is 2.18. The number of phenols is 1. The van der Waals surface area contributed by atoms with Crippen LogP contribution >= 0.6 is 31.9 Å². The van der Waals surface area contributed by atoms with Gasteiger partial charge in [0.05, 0.1) is 16.8 Å². The Labute approximate surface area is 215 Å². The summed E-state index contributed by atoms with van der Waals surface area (Å²) in [5, 5.41) is 32.9. The zero-order valence-corrected chi connectivity index (χ0v) is 21.4. The fourth-order valence-electron chi connectivity index (χ4n) is 3.06. The molecule has 2 aromatic carbocycles. The zero-order valence-electron chi connectivity index (χ0n) is 18.3. The van der Waals surface area contributed by atoms with Crippen molar-refractivity contribution in [1.29, 1.82) is 0 Å². The Morgan fingerprint density at radius 3 is 2.43 bits per heavy atom. The molecule has 0 aliphatic carbocycles. The Kier molecular flexibility index (Phi) is 7.02. The molecule has 0 aliphatic rings. The molecule has 35 heavy (non-hydrogen) atoms. The molecule has 0 unspecified atom stereocenters. The van der Waals surface area contributed by atoms with Crippen molar-refractivity contribution in [2.24, 2.45) is 5.10 Å². The first-order valence-electron chi connectivity index (χ1n) is 9.98. The molecule has 0 saturated carbocycles. The zero-order chi connectivity index (χ0) is 25.1. The maximum Gasteiger partial charge on any atom is 0.312 e. The van der Waals surface area contributed by atoms with E-state index in [0.717, 1.165) is 21.5 Å². The third-order valence-electron chi connectivity index (χ3n) is 4.57. The average Bonchev–Trinajstić information content (AvgIpc) is 3.15. The van der Waals surface area contributed by atoms with Crippen molar-refractivity contribution in [1.82, 2.24) is 24.7 Å². The number of benzene rings is 2. The number of rotatable bonds is 7. The Hall–Kier alpha value is -3.91. The number of aromatic hydroxyl groups is 1. The number of halogens is 2. The molecule has 178 valence electrons. The van der Waals surface area contributed by atoms with Gasteiger partial charge in [0, 0.05) is 32.0 Å². The fraction of sp³-hybridized carbons (Fsp3) is 0.0952. The molecular formula is C21H17Br2N9O3. The van der Waals surface area contributed by atoms with E-state index in [1.807, 2.05) is 44.2 Å². The van der Waals surface area contributed by atoms with E-state index in [0.29, 0.717) is 4.47 Å². The van der Waals surface area contributed by atoms with Crippen LogP contribution in [0.5, 0.6) is 5.75 Å². The van der Waals surface area contributed by atoms with Gasteiger partial charge in [0.2, 0.25) is 17.6 Å². The predicted molar refractivity (Wildman–Crippen MR) is 138 cm³/mol. The molecule has 0 spiro atoms. The van der Waals surface area contributed by atoms with Gasteiger partial charge in [-0.25, -0.2) is 10.1 Å². The van der Waals surface area contributed by atoms with Crippen LogP contribution in [0.1, 0.15) is 17.0 Å². The topological polar surface area (TPSA) is 156 Å². The van der Waals surface area contributed by atoms with Crippen molar-refractivity contribution in [3.05, 3.63) is 78.5 Å². The quantitative estimate of drug-likeness (QED) is 0.150. The second-order valence-electron chi connectivity index (χ2n) is 7.24. The van der Waals surface area contributed by atoms with E-state index < -0.39 is 16.4 Å². The van der Waals surface area contributed by atoms with Crippen molar-refractivity contribution in [3.63, 3.8) is 0 Å². The van der Waals surface area contributed by atoms with Gasteiger partial charge in [-0.05, 0) is 50.2 Å². The minimum Gasteiger partial charge on any atom is -0.502 e. The molecule has 3 N–H and O–H groups in total. The normalized spacial score (nSPS) is 11.1. The van der Waals surface area contributed by atoms with Gasteiger partial charge in [-0.15, -0.1) is 0 Å². The molecule has 0 bridgehead atoms. The van der Waals surface area contributed by atoms with Crippen LogP contribution in [0, 0.1) is 24.0 Å². The predicted octanol–water partition coefficient (Wildman–Crippen LogP) is 5.00. The van der Waals surface area contributed by atoms with Gasteiger partial charge in [0.1, 0.15) is 0 Å². The minimum absolute atomic E-state index is 0.0856. The molecule has 0 radical (unpaired) electrons. The van der Waals surface area contributed by atoms with Crippen LogP contribution in [-0.4, -0.2) is 41.0 Å². The van der Waals surface area contributed by atoms with E-state index in [1.54, 1.807) is 4.68 Å². The Morgan fingerprint density at radius 2 is 1.77 bits per heavy atom. The van der Waals surface area contributed by atoms with E-state index in [1.165, 1.54) is 18.3 Å². The number of phenolic OH excluding ortho intramolecular Hbond substituents is 1. The lowest BCUT2D eigenvalue weighted by molar-refractivity contribution is -0.385. The highest BCUT2D eigenvalue weighted by atomic mass is 79.9. The first-order chi connectivity index (χ1) is 16.7. The van der Waals surface area contributed by atoms with Gasteiger partial charge >= 0.3 is 5.69 Å².